The summed E-state index contributed by atoms with van der Waals surface area (Å²) in [4.78, 5) is 0. The van der Waals surface area contributed by atoms with Crippen molar-refractivity contribution in [3.8, 4) is 0 Å². The fourth-order valence-electron chi connectivity index (χ4n) is 3.02. The molecule has 6 heteroatoms. The van der Waals surface area contributed by atoms with Gasteiger partial charge in [0, 0.05) is 32.8 Å². The zero-order chi connectivity index (χ0) is 14.4. The molecule has 1 N–H and O–H groups in total. The van der Waals surface area contributed by atoms with Crippen LogP contribution < -0.4 is 5.32 Å². The second-order valence-corrected chi connectivity index (χ2v) is 8.28. The van der Waals surface area contributed by atoms with E-state index in [1.807, 2.05) is 0 Å². The monoisotopic (exact) mass is 304 g/mol. The molecule has 2 saturated heterocycles. The zero-order valence-corrected chi connectivity index (χ0v) is 13.3. The summed E-state index contributed by atoms with van der Waals surface area (Å²) in [7, 11) is -1.39. The summed E-state index contributed by atoms with van der Waals surface area (Å²) in [6, 6.07) is 0.384. The minimum Gasteiger partial charge on any atom is -0.381 e. The summed E-state index contributed by atoms with van der Waals surface area (Å²) in [5, 5.41) is 3.41. The van der Waals surface area contributed by atoms with Gasteiger partial charge in [-0.1, -0.05) is 6.42 Å². The SMILES string of the molecule is CN(CC1CCOCC1)S(=O)(=O)CCC1CCCCN1. The van der Waals surface area contributed by atoms with Crippen LogP contribution in [0.4, 0.5) is 0 Å². The Morgan fingerprint density at radius 3 is 2.60 bits per heavy atom. The summed E-state index contributed by atoms with van der Waals surface area (Å²) in [5.41, 5.74) is 0. The smallest absolute Gasteiger partial charge is 0.213 e. The maximum Gasteiger partial charge on any atom is 0.213 e. The van der Waals surface area contributed by atoms with Crippen molar-refractivity contribution in [2.75, 3.05) is 39.1 Å². The largest absolute Gasteiger partial charge is 0.381 e. The van der Waals surface area contributed by atoms with Crippen molar-refractivity contribution in [1.82, 2.24) is 9.62 Å². The van der Waals surface area contributed by atoms with Gasteiger partial charge >= 0.3 is 0 Å². The molecule has 118 valence electrons. The highest BCUT2D eigenvalue weighted by Gasteiger charge is 2.24. The highest BCUT2D eigenvalue weighted by molar-refractivity contribution is 7.89. The van der Waals surface area contributed by atoms with Crippen LogP contribution in [-0.4, -0.2) is 57.9 Å². The fourth-order valence-corrected chi connectivity index (χ4v) is 4.36. The Morgan fingerprint density at radius 2 is 1.95 bits per heavy atom. The first-order valence-corrected chi connectivity index (χ1v) is 9.44. The van der Waals surface area contributed by atoms with Gasteiger partial charge in [-0.05, 0) is 44.6 Å². The molecular weight excluding hydrogens is 276 g/mol. The molecule has 0 saturated carbocycles. The standard InChI is InChI=1S/C14H28N2O3S/c1-16(12-13-5-9-19-10-6-13)20(17,18)11-7-14-4-2-3-8-15-14/h13-15H,2-12H2,1H3. The molecule has 0 aromatic rings. The summed E-state index contributed by atoms with van der Waals surface area (Å²) in [6.45, 7) is 3.21. The molecule has 2 aliphatic heterocycles. The Balaban J connectivity index is 1.75. The van der Waals surface area contributed by atoms with E-state index in [-0.39, 0.29) is 5.75 Å². The third kappa shape index (κ3) is 4.98. The molecule has 2 heterocycles. The summed E-state index contributed by atoms with van der Waals surface area (Å²) >= 11 is 0. The number of hydrogen-bond acceptors (Lipinski definition) is 4. The van der Waals surface area contributed by atoms with Crippen LogP contribution in [-0.2, 0) is 14.8 Å². The highest BCUT2D eigenvalue weighted by atomic mass is 32.2. The van der Waals surface area contributed by atoms with Crippen molar-refractivity contribution in [1.29, 1.82) is 0 Å². The summed E-state index contributed by atoms with van der Waals surface area (Å²) < 4.78 is 31.5. The van der Waals surface area contributed by atoms with Gasteiger partial charge in [0.15, 0.2) is 0 Å². The number of rotatable bonds is 6. The molecule has 0 aliphatic carbocycles. The number of hydrogen-bond donors (Lipinski definition) is 1. The molecule has 2 fully saturated rings. The van der Waals surface area contributed by atoms with Crippen LogP contribution in [0, 0.1) is 5.92 Å². The van der Waals surface area contributed by atoms with Gasteiger partial charge in [-0.15, -0.1) is 0 Å². The van der Waals surface area contributed by atoms with Crippen LogP contribution in [0.3, 0.4) is 0 Å². The second kappa shape index (κ2) is 7.73. The number of nitrogens with zero attached hydrogens (tertiary/aromatic N) is 1. The van der Waals surface area contributed by atoms with E-state index >= 15 is 0 Å². The van der Waals surface area contributed by atoms with Crippen LogP contribution >= 0.6 is 0 Å². The van der Waals surface area contributed by atoms with Gasteiger partial charge in [0.1, 0.15) is 0 Å². The minimum absolute atomic E-state index is 0.268. The van der Waals surface area contributed by atoms with Gasteiger partial charge < -0.3 is 10.1 Å². The third-order valence-corrected chi connectivity index (χ3v) is 6.32. The van der Waals surface area contributed by atoms with Crippen LogP contribution in [0.1, 0.15) is 38.5 Å². The molecule has 0 spiro atoms. The van der Waals surface area contributed by atoms with Gasteiger partial charge in [0.25, 0.3) is 0 Å². The molecule has 2 aliphatic rings. The highest BCUT2D eigenvalue weighted by Crippen LogP contribution is 2.18. The van der Waals surface area contributed by atoms with Crippen LogP contribution in [0.15, 0.2) is 0 Å². The average molecular weight is 304 g/mol. The van der Waals surface area contributed by atoms with E-state index in [0.29, 0.717) is 18.5 Å². The fraction of sp³-hybridized carbons (Fsp3) is 1.00. The second-order valence-electron chi connectivity index (χ2n) is 6.09. The van der Waals surface area contributed by atoms with Gasteiger partial charge in [-0.25, -0.2) is 12.7 Å². The van der Waals surface area contributed by atoms with E-state index in [9.17, 15) is 8.42 Å². The van der Waals surface area contributed by atoms with E-state index in [4.69, 9.17) is 4.74 Å². The van der Waals surface area contributed by atoms with Gasteiger partial charge in [0.05, 0.1) is 5.75 Å². The van der Waals surface area contributed by atoms with Crippen molar-refractivity contribution in [2.45, 2.75) is 44.6 Å². The number of ether oxygens (including phenoxy) is 1. The molecule has 0 amide bonds. The third-order valence-electron chi connectivity index (χ3n) is 4.47. The first kappa shape index (κ1) is 16.2. The first-order valence-electron chi connectivity index (χ1n) is 7.83. The molecule has 0 radical (unpaired) electrons. The van der Waals surface area contributed by atoms with E-state index < -0.39 is 10.0 Å². The Kier molecular flexibility index (Phi) is 6.26. The molecule has 0 aromatic heterocycles. The predicted octanol–water partition coefficient (Wildman–Crippen LogP) is 1.21. The van der Waals surface area contributed by atoms with Crippen LogP contribution in [0.25, 0.3) is 0 Å². The topological polar surface area (TPSA) is 58.6 Å². The normalized spacial score (nSPS) is 26.0. The average Bonchev–Trinajstić information content (AvgIpc) is 2.47. The van der Waals surface area contributed by atoms with E-state index in [1.54, 1.807) is 11.4 Å². The van der Waals surface area contributed by atoms with Gasteiger partial charge in [-0.2, -0.15) is 0 Å². The lowest BCUT2D eigenvalue weighted by atomic mass is 10.0. The van der Waals surface area contributed by atoms with E-state index in [1.165, 1.54) is 12.8 Å². The number of nitrogens with one attached hydrogen (secondary N) is 1. The maximum atomic E-state index is 12.3. The zero-order valence-electron chi connectivity index (χ0n) is 12.5. The Morgan fingerprint density at radius 1 is 1.20 bits per heavy atom. The van der Waals surface area contributed by atoms with Crippen molar-refractivity contribution in [3.63, 3.8) is 0 Å². The van der Waals surface area contributed by atoms with Crippen LogP contribution in [0.5, 0.6) is 0 Å². The Labute approximate surface area is 123 Å². The number of sulfonamides is 1. The molecule has 0 aromatic carbocycles. The molecule has 1 atom stereocenters. The first-order chi connectivity index (χ1) is 9.58. The lowest BCUT2D eigenvalue weighted by Gasteiger charge is -2.28. The summed E-state index contributed by atoms with van der Waals surface area (Å²) in [5.74, 6) is 0.723. The minimum atomic E-state index is -3.11. The lowest BCUT2D eigenvalue weighted by molar-refractivity contribution is 0.0620. The lowest BCUT2D eigenvalue weighted by Crippen LogP contribution is -2.39. The van der Waals surface area contributed by atoms with Crippen molar-refractivity contribution < 1.29 is 13.2 Å². The Bertz CT molecular complexity index is 374. The quantitative estimate of drug-likeness (QED) is 0.801. The molecule has 0 bridgehead atoms. The van der Waals surface area contributed by atoms with Gasteiger partial charge in [0.2, 0.25) is 10.0 Å². The molecule has 1 unspecified atom stereocenters. The molecule has 5 nitrogen and oxygen atoms in total. The van der Waals surface area contributed by atoms with Crippen LogP contribution in [0.2, 0.25) is 0 Å². The van der Waals surface area contributed by atoms with Gasteiger partial charge in [-0.3, -0.25) is 0 Å². The van der Waals surface area contributed by atoms with Crippen molar-refractivity contribution in [3.05, 3.63) is 0 Å². The number of piperidine rings is 1. The predicted molar refractivity (Wildman–Crippen MR) is 80.2 cm³/mol. The Hall–Kier alpha value is -0.170. The van der Waals surface area contributed by atoms with E-state index in [2.05, 4.69) is 5.32 Å². The van der Waals surface area contributed by atoms with E-state index in [0.717, 1.165) is 45.4 Å². The van der Waals surface area contributed by atoms with Crippen molar-refractivity contribution >= 4 is 10.0 Å². The molecule has 20 heavy (non-hydrogen) atoms. The summed E-state index contributed by atoms with van der Waals surface area (Å²) in [6.07, 6.45) is 6.23. The molecule has 2 rings (SSSR count). The molecular formula is C14H28N2O3S. The van der Waals surface area contributed by atoms with Crippen molar-refractivity contribution in [2.24, 2.45) is 5.92 Å². The maximum absolute atomic E-state index is 12.3.